The van der Waals surface area contributed by atoms with Gasteiger partial charge in [0.05, 0.1) is 28.4 Å². The first kappa shape index (κ1) is 114. The number of nitrogens with one attached hydrogen (secondary N) is 2. The van der Waals surface area contributed by atoms with Gasteiger partial charge < -0.3 is 20.4 Å². The minimum atomic E-state index is -1.36. The molecule has 5 aliphatic rings. The number of amides is 16. The summed E-state index contributed by atoms with van der Waals surface area (Å²) in [7, 11) is 3.27. The largest absolute Gasteiger partial charge is 0.339 e. The average molecular weight is 2290 g/mol. The number of urea groups is 5. The minimum Gasteiger partial charge on any atom is -0.323 e. The molecule has 0 radical (unpaired) electrons. The Morgan fingerprint density at radius 1 is 0.300 bits per heavy atom. The molecule has 140 heavy (non-hydrogen) atoms. The van der Waals surface area contributed by atoms with Crippen LogP contribution in [-0.4, -0.2) is 132 Å². The Morgan fingerprint density at radius 2 is 0.529 bits per heavy atom. The highest BCUT2D eigenvalue weighted by atomic mass is 79.9. The standard InChI is InChI=1S/C23H19Cl2N3O2.C22H17Cl2N3O2.C19H15BrCl2N2O3.C18H15BrCl2N2O2.C17H13BrCl2N2O2.5CH4/c1-23(13-15-5-7-16(8-6-15)17-4-3-9-26-14-17)21(29)28(22(30)27(23)2)20-11-18(24)10-19(25)12-20;1-22(12-14-4-6-15(7-5-14)16-3-2-8-25-13-16)20(28)27(21(29)26-22)19-10-17(23)9-18(24)11-19;1-11(25)24-18(27)23(16-8-14(21)7-15(22)9-16)17(26)19(24,2)10-12-3-5-13(20)6-4-12;1-18(10-11-3-5-12(19)6-4-11)16(24)23(17(25)22(18)2)15-8-13(20)7-14(21)9-15;1-17(9-10-2-4-11(18)5-3-10)15(23)22(16(24)21-17)14-7-12(19)6-13(20)8-14;;;;;/h3-12,14H,13H2,1-2H3;2-11,13H,12H2,1H3,(H,26,29);3-9H,10H2,1-2H3;3-9H,10H2,1-2H3;2-8H,9H2,1H3,(H,21,24);5*1H4/t23-;22-;19-;18-;17-;;;;;/m11111...../s1. The van der Waals surface area contributed by atoms with Crippen LogP contribution in [0.3, 0.4) is 0 Å². The predicted molar refractivity (Wildman–Crippen MR) is 577 cm³/mol. The van der Waals surface area contributed by atoms with Crippen LogP contribution in [-0.2, 0) is 60.9 Å². The normalized spacial score (nSPS) is 18.9. The molecule has 5 aliphatic heterocycles. The van der Waals surface area contributed by atoms with Crippen LogP contribution in [0.2, 0.25) is 50.2 Å². The number of benzene rings is 10. The first-order valence-corrected chi connectivity index (χ1v) is 47.2. The number of nitrogens with zero attached hydrogens (tertiary/aromatic N) is 10. The number of anilines is 5. The van der Waals surface area contributed by atoms with Crippen LogP contribution in [0.25, 0.3) is 22.3 Å². The second-order valence-corrected chi connectivity index (χ2v) is 40.3. The number of pyridine rings is 2. The number of carbonyl (C=O) groups is 11. The van der Waals surface area contributed by atoms with Crippen molar-refractivity contribution in [2.75, 3.05) is 38.6 Å². The fraction of sp³-hybridized carbons (Fsp3) is 0.221. The molecule has 23 nitrogen and oxygen atoms in total. The van der Waals surface area contributed by atoms with Gasteiger partial charge in [0.2, 0.25) is 5.91 Å². The Morgan fingerprint density at radius 3 is 0.779 bits per heavy atom. The van der Waals surface area contributed by atoms with Gasteiger partial charge in [-0.05, 0) is 224 Å². The van der Waals surface area contributed by atoms with Gasteiger partial charge in [0.25, 0.3) is 29.5 Å². The molecule has 7 heterocycles. The van der Waals surface area contributed by atoms with Crippen molar-refractivity contribution in [2.24, 2.45) is 0 Å². The Hall–Kier alpha value is -10.8. The molecular weight excluding hydrogens is 2190 g/mol. The third-order valence-corrected chi connectivity index (χ3v) is 26.8. The van der Waals surface area contributed by atoms with Gasteiger partial charge >= 0.3 is 30.2 Å². The van der Waals surface area contributed by atoms with Gasteiger partial charge in [0.15, 0.2) is 0 Å². The summed E-state index contributed by atoms with van der Waals surface area (Å²) in [6.07, 6.45) is 8.78. The maximum absolute atomic E-state index is 13.3. The summed E-state index contributed by atoms with van der Waals surface area (Å²) < 4.78 is 2.80. The zero-order chi connectivity index (χ0) is 97.8. The summed E-state index contributed by atoms with van der Waals surface area (Å²) in [5.41, 5.74) is 4.91. The molecule has 0 aliphatic carbocycles. The molecule has 16 amide bonds. The zero-order valence-electron chi connectivity index (χ0n) is 72.7. The minimum absolute atomic E-state index is 0. The number of rotatable bonds is 17. The van der Waals surface area contributed by atoms with Crippen LogP contribution in [0.4, 0.5) is 52.4 Å². The van der Waals surface area contributed by atoms with Crippen LogP contribution in [0.5, 0.6) is 0 Å². The smallest absolute Gasteiger partial charge is 0.323 e. The molecule has 0 unspecified atom stereocenters. The van der Waals surface area contributed by atoms with E-state index in [4.69, 9.17) is 116 Å². The van der Waals surface area contributed by atoms with E-state index < -0.39 is 69.7 Å². The van der Waals surface area contributed by atoms with E-state index in [-0.39, 0.29) is 82.9 Å². The Balaban J connectivity index is 0.000000213. The Bertz CT molecular complexity index is 6580. The van der Waals surface area contributed by atoms with Crippen molar-refractivity contribution in [2.45, 2.75) is 138 Å². The number of hydrogen-bond acceptors (Lipinski definition) is 13. The molecular formula is C104H99Br3Cl10N12O11. The van der Waals surface area contributed by atoms with E-state index in [2.05, 4.69) is 68.4 Å². The summed E-state index contributed by atoms with van der Waals surface area (Å²) in [6.45, 7) is 9.81. The molecule has 5 atom stereocenters. The third kappa shape index (κ3) is 25.4. The fourth-order valence-corrected chi connectivity index (χ4v) is 19.4. The van der Waals surface area contributed by atoms with E-state index in [9.17, 15) is 52.7 Å². The van der Waals surface area contributed by atoms with Gasteiger partial charge in [-0.1, -0.05) is 298 Å². The van der Waals surface area contributed by atoms with Gasteiger partial charge in [-0.25, -0.2) is 53.4 Å². The summed E-state index contributed by atoms with van der Waals surface area (Å²) in [4.78, 5) is 159. The zero-order valence-corrected chi connectivity index (χ0v) is 85.1. The van der Waals surface area contributed by atoms with Gasteiger partial charge in [-0.15, -0.1) is 0 Å². The van der Waals surface area contributed by atoms with E-state index in [1.807, 2.05) is 146 Å². The van der Waals surface area contributed by atoms with Crippen molar-refractivity contribution in [3.63, 3.8) is 0 Å². The van der Waals surface area contributed by atoms with Gasteiger partial charge in [-0.2, -0.15) is 0 Å². The lowest BCUT2D eigenvalue weighted by molar-refractivity contribution is -0.135. The van der Waals surface area contributed by atoms with Crippen LogP contribution in [0.15, 0.2) is 275 Å². The van der Waals surface area contributed by atoms with Gasteiger partial charge in [0.1, 0.15) is 27.7 Å². The topological polar surface area (TPSA) is 264 Å². The van der Waals surface area contributed by atoms with Crippen LogP contribution in [0, 0.1) is 0 Å². The molecule has 732 valence electrons. The highest BCUT2D eigenvalue weighted by Gasteiger charge is 2.58. The molecule has 5 saturated heterocycles. The van der Waals surface area contributed by atoms with E-state index in [0.717, 1.165) is 92.9 Å². The van der Waals surface area contributed by atoms with E-state index in [0.29, 0.717) is 88.6 Å². The molecule has 2 N–H and O–H groups in total. The Labute approximate surface area is 890 Å². The monoisotopic (exact) mass is 2280 g/mol. The average Bonchev–Trinajstić information content (AvgIpc) is 1.58. The molecule has 0 bridgehead atoms. The predicted octanol–water partition coefficient (Wildman–Crippen LogP) is 28.8. The lowest BCUT2D eigenvalue weighted by Crippen LogP contribution is -2.51. The number of hydrogen-bond donors (Lipinski definition) is 2. The van der Waals surface area contributed by atoms with Crippen LogP contribution < -0.4 is 35.1 Å². The first-order valence-electron chi connectivity index (χ1n) is 41.1. The fourth-order valence-electron chi connectivity index (χ4n) is 16.0. The highest BCUT2D eigenvalue weighted by Crippen LogP contribution is 2.43. The number of imide groups is 6. The van der Waals surface area contributed by atoms with Crippen LogP contribution in [0.1, 0.15) is 106 Å². The van der Waals surface area contributed by atoms with Crippen molar-refractivity contribution in [1.29, 1.82) is 0 Å². The molecule has 12 aromatic rings. The van der Waals surface area contributed by atoms with Crippen molar-refractivity contribution in [1.82, 2.24) is 35.3 Å². The summed E-state index contributed by atoms with van der Waals surface area (Å²) in [5, 5.41) is 9.03. The first-order chi connectivity index (χ1) is 63.8. The van der Waals surface area contributed by atoms with Crippen molar-refractivity contribution >= 4 is 258 Å². The molecule has 2 aromatic heterocycles. The SMILES string of the molecule is C.C.C.C.C.CC(=O)N1C(=O)N(c2cc(Cl)cc(Cl)c2)C(=O)[C@@]1(C)Cc1ccc(Br)cc1.CN1C(=O)N(c2cc(Cl)cc(Cl)c2)C(=O)[C@@]1(C)Cc1ccc(-c2cccnc2)cc1.CN1C(=O)N(c2cc(Cl)cc(Cl)c2)C(=O)[C@@]1(C)Cc1ccc(Br)cc1.C[C@]1(Cc2ccc(-c3cccnc3)cc2)NC(=O)N(c2cc(Cl)cc(Cl)c2)C1=O.C[C@]1(Cc2ccc(Br)cc2)NC(=O)N(c2cc(Cl)cc(Cl)c2)C1=O. The highest BCUT2D eigenvalue weighted by molar-refractivity contribution is 9.11. The molecule has 0 spiro atoms. The van der Waals surface area contributed by atoms with E-state index in [1.54, 1.807) is 134 Å². The molecule has 10 aromatic carbocycles. The lowest BCUT2D eigenvalue weighted by Gasteiger charge is -2.29. The van der Waals surface area contributed by atoms with E-state index in [1.165, 1.54) is 47.1 Å². The molecule has 5 fully saturated rings. The van der Waals surface area contributed by atoms with Gasteiger partial charge in [0, 0.05) is 142 Å². The molecule has 36 heteroatoms. The number of halogens is 13. The second-order valence-electron chi connectivity index (χ2n) is 33.1. The maximum Gasteiger partial charge on any atom is 0.339 e. The summed E-state index contributed by atoms with van der Waals surface area (Å²) in [6, 6.07) is 66.7. The maximum atomic E-state index is 13.3. The van der Waals surface area contributed by atoms with Gasteiger partial charge in [-0.3, -0.25) is 38.7 Å². The van der Waals surface area contributed by atoms with Crippen molar-refractivity contribution in [3.05, 3.63) is 353 Å². The summed E-state index contributed by atoms with van der Waals surface area (Å²) in [5.74, 6) is -2.33. The number of likely N-dealkylation sites (N-methyl/N-ethyl adjacent to an activating group) is 2. The molecule has 17 rings (SSSR count). The quantitative estimate of drug-likeness (QED) is 0.0804. The lowest BCUT2D eigenvalue weighted by atomic mass is 9.90. The van der Waals surface area contributed by atoms with Crippen LogP contribution >= 0.6 is 164 Å². The summed E-state index contributed by atoms with van der Waals surface area (Å²) >= 11 is 70.4. The second kappa shape index (κ2) is 47.4. The number of carbonyl (C=O) groups excluding carboxylic acids is 11. The van der Waals surface area contributed by atoms with Crippen molar-refractivity contribution < 1.29 is 52.7 Å². The van der Waals surface area contributed by atoms with Crippen molar-refractivity contribution in [3.8, 4) is 22.3 Å². The molecule has 0 saturated carbocycles. The Kier molecular flexibility index (Phi) is 38.8. The van der Waals surface area contributed by atoms with E-state index >= 15 is 0 Å². The third-order valence-electron chi connectivity index (χ3n) is 23.1. The number of aromatic nitrogens is 2.